The first-order valence-corrected chi connectivity index (χ1v) is 5.88. The van der Waals surface area contributed by atoms with Crippen LogP contribution in [0.1, 0.15) is 38.8 Å². The summed E-state index contributed by atoms with van der Waals surface area (Å²) >= 11 is 0. The van der Waals surface area contributed by atoms with Crippen molar-refractivity contribution in [2.24, 2.45) is 0 Å². The van der Waals surface area contributed by atoms with Crippen LogP contribution >= 0.6 is 0 Å². The van der Waals surface area contributed by atoms with Gasteiger partial charge >= 0.3 is 0 Å². The topological polar surface area (TPSA) is 32.3 Å². The summed E-state index contributed by atoms with van der Waals surface area (Å²) < 4.78 is 0. The lowest BCUT2D eigenvalue weighted by Gasteiger charge is -2.19. The summed E-state index contributed by atoms with van der Waals surface area (Å²) in [5, 5.41) is 12.3. The Morgan fingerprint density at radius 2 is 1.75 bits per heavy atom. The van der Waals surface area contributed by atoms with E-state index in [9.17, 15) is 0 Å². The Bertz CT molecular complexity index is 309. The SMILES string of the molecule is CC(O)CNCc1ccc(C(C)(C)C)cc1. The largest absolute Gasteiger partial charge is 0.392 e. The number of benzene rings is 1. The van der Waals surface area contributed by atoms with Crippen molar-refractivity contribution in [1.82, 2.24) is 5.32 Å². The summed E-state index contributed by atoms with van der Waals surface area (Å²) in [6.45, 7) is 9.89. The van der Waals surface area contributed by atoms with Gasteiger partial charge < -0.3 is 10.4 Å². The zero-order valence-electron chi connectivity index (χ0n) is 10.7. The quantitative estimate of drug-likeness (QED) is 0.818. The smallest absolute Gasteiger partial charge is 0.0636 e. The zero-order chi connectivity index (χ0) is 12.2. The summed E-state index contributed by atoms with van der Waals surface area (Å²) in [7, 11) is 0. The Morgan fingerprint density at radius 3 is 2.19 bits per heavy atom. The van der Waals surface area contributed by atoms with E-state index in [1.807, 2.05) is 0 Å². The highest BCUT2D eigenvalue weighted by Gasteiger charge is 2.12. The molecule has 0 radical (unpaired) electrons. The Labute approximate surface area is 98.7 Å². The van der Waals surface area contributed by atoms with E-state index in [0.717, 1.165) is 6.54 Å². The van der Waals surface area contributed by atoms with Crippen LogP contribution in [0, 0.1) is 0 Å². The van der Waals surface area contributed by atoms with Crippen LogP contribution in [0.25, 0.3) is 0 Å². The summed E-state index contributed by atoms with van der Waals surface area (Å²) in [5.41, 5.74) is 2.83. The minimum atomic E-state index is -0.283. The van der Waals surface area contributed by atoms with Crippen molar-refractivity contribution in [2.75, 3.05) is 6.54 Å². The Hall–Kier alpha value is -0.860. The van der Waals surface area contributed by atoms with Gasteiger partial charge in [-0.05, 0) is 23.5 Å². The molecule has 0 saturated heterocycles. The average Bonchev–Trinajstić information content (AvgIpc) is 2.16. The van der Waals surface area contributed by atoms with Gasteiger partial charge in [0, 0.05) is 13.1 Å². The molecule has 0 spiro atoms. The second kappa shape index (κ2) is 5.46. The molecule has 0 aliphatic heterocycles. The summed E-state index contributed by atoms with van der Waals surface area (Å²) in [5.74, 6) is 0. The van der Waals surface area contributed by atoms with Crippen molar-refractivity contribution in [3.63, 3.8) is 0 Å². The number of aliphatic hydroxyl groups is 1. The molecular weight excluding hydrogens is 198 g/mol. The fourth-order valence-electron chi connectivity index (χ4n) is 1.55. The lowest BCUT2D eigenvalue weighted by atomic mass is 9.87. The highest BCUT2D eigenvalue weighted by atomic mass is 16.3. The van der Waals surface area contributed by atoms with E-state index in [4.69, 9.17) is 5.11 Å². The van der Waals surface area contributed by atoms with Gasteiger partial charge in [0.2, 0.25) is 0 Å². The monoisotopic (exact) mass is 221 g/mol. The molecule has 0 amide bonds. The van der Waals surface area contributed by atoms with Crippen molar-refractivity contribution in [3.05, 3.63) is 35.4 Å². The zero-order valence-corrected chi connectivity index (χ0v) is 10.7. The molecule has 0 bridgehead atoms. The Morgan fingerprint density at radius 1 is 1.19 bits per heavy atom. The van der Waals surface area contributed by atoms with Gasteiger partial charge in [-0.3, -0.25) is 0 Å². The second-order valence-electron chi connectivity index (χ2n) is 5.43. The normalized spacial score (nSPS) is 13.8. The number of rotatable bonds is 4. The molecule has 16 heavy (non-hydrogen) atoms. The molecule has 0 saturated carbocycles. The van der Waals surface area contributed by atoms with Crippen LogP contribution in [0.15, 0.2) is 24.3 Å². The Kier molecular flexibility index (Phi) is 4.51. The van der Waals surface area contributed by atoms with E-state index in [-0.39, 0.29) is 11.5 Å². The highest BCUT2D eigenvalue weighted by molar-refractivity contribution is 5.27. The lowest BCUT2D eigenvalue weighted by Crippen LogP contribution is -2.23. The van der Waals surface area contributed by atoms with Crippen LogP contribution in [0.2, 0.25) is 0 Å². The molecule has 0 aromatic heterocycles. The summed E-state index contributed by atoms with van der Waals surface area (Å²) in [4.78, 5) is 0. The Balaban J connectivity index is 2.52. The highest BCUT2D eigenvalue weighted by Crippen LogP contribution is 2.21. The lowest BCUT2D eigenvalue weighted by molar-refractivity contribution is 0.191. The molecule has 1 aromatic rings. The maximum atomic E-state index is 9.12. The predicted octanol–water partition coefficient (Wildman–Crippen LogP) is 2.45. The molecule has 0 fully saturated rings. The van der Waals surface area contributed by atoms with E-state index in [2.05, 4.69) is 50.4 Å². The third kappa shape index (κ3) is 4.33. The minimum Gasteiger partial charge on any atom is -0.392 e. The van der Waals surface area contributed by atoms with Gasteiger partial charge in [0.1, 0.15) is 0 Å². The fourth-order valence-corrected chi connectivity index (χ4v) is 1.55. The molecular formula is C14H23NO. The van der Waals surface area contributed by atoms with E-state index in [1.54, 1.807) is 6.92 Å². The van der Waals surface area contributed by atoms with Gasteiger partial charge in [-0.2, -0.15) is 0 Å². The van der Waals surface area contributed by atoms with Crippen molar-refractivity contribution in [1.29, 1.82) is 0 Å². The third-order valence-electron chi connectivity index (χ3n) is 2.59. The molecule has 1 aromatic carbocycles. The molecule has 2 N–H and O–H groups in total. The summed E-state index contributed by atoms with van der Waals surface area (Å²) in [6.07, 6.45) is -0.283. The van der Waals surface area contributed by atoms with E-state index in [0.29, 0.717) is 6.54 Å². The van der Waals surface area contributed by atoms with Crippen LogP contribution in [0.3, 0.4) is 0 Å². The first-order chi connectivity index (χ1) is 7.39. The number of hydrogen-bond acceptors (Lipinski definition) is 2. The van der Waals surface area contributed by atoms with Gasteiger partial charge in [0.25, 0.3) is 0 Å². The molecule has 90 valence electrons. The molecule has 2 nitrogen and oxygen atoms in total. The maximum absolute atomic E-state index is 9.12. The molecule has 0 aliphatic carbocycles. The first-order valence-electron chi connectivity index (χ1n) is 5.88. The summed E-state index contributed by atoms with van der Waals surface area (Å²) in [6, 6.07) is 8.66. The van der Waals surface area contributed by atoms with E-state index >= 15 is 0 Å². The average molecular weight is 221 g/mol. The van der Waals surface area contributed by atoms with Gasteiger partial charge in [-0.25, -0.2) is 0 Å². The minimum absolute atomic E-state index is 0.214. The van der Waals surface area contributed by atoms with Crippen LogP contribution < -0.4 is 5.32 Å². The van der Waals surface area contributed by atoms with Crippen molar-refractivity contribution in [2.45, 2.75) is 45.8 Å². The molecule has 1 unspecified atom stereocenters. The number of hydrogen-bond donors (Lipinski definition) is 2. The maximum Gasteiger partial charge on any atom is 0.0636 e. The van der Waals surface area contributed by atoms with Crippen LogP contribution in [0.4, 0.5) is 0 Å². The molecule has 2 heteroatoms. The fraction of sp³-hybridized carbons (Fsp3) is 0.571. The van der Waals surface area contributed by atoms with Gasteiger partial charge in [0.15, 0.2) is 0 Å². The van der Waals surface area contributed by atoms with Crippen LogP contribution in [-0.2, 0) is 12.0 Å². The van der Waals surface area contributed by atoms with E-state index < -0.39 is 0 Å². The van der Waals surface area contributed by atoms with Gasteiger partial charge in [0.05, 0.1) is 6.10 Å². The van der Waals surface area contributed by atoms with Gasteiger partial charge in [-0.15, -0.1) is 0 Å². The number of aliphatic hydroxyl groups excluding tert-OH is 1. The van der Waals surface area contributed by atoms with Crippen LogP contribution in [-0.4, -0.2) is 17.8 Å². The third-order valence-corrected chi connectivity index (χ3v) is 2.59. The molecule has 1 rings (SSSR count). The molecule has 1 atom stereocenters. The standard InChI is InChI=1S/C14H23NO/c1-11(16)9-15-10-12-5-7-13(8-6-12)14(2,3)4/h5-8,11,15-16H,9-10H2,1-4H3. The van der Waals surface area contributed by atoms with Gasteiger partial charge in [-0.1, -0.05) is 45.0 Å². The van der Waals surface area contributed by atoms with Crippen molar-refractivity contribution < 1.29 is 5.11 Å². The second-order valence-corrected chi connectivity index (χ2v) is 5.43. The number of nitrogens with one attached hydrogen (secondary N) is 1. The van der Waals surface area contributed by atoms with Crippen molar-refractivity contribution >= 4 is 0 Å². The molecule has 0 aliphatic rings. The van der Waals surface area contributed by atoms with Crippen molar-refractivity contribution in [3.8, 4) is 0 Å². The first kappa shape index (κ1) is 13.2. The van der Waals surface area contributed by atoms with Crippen LogP contribution in [0.5, 0.6) is 0 Å². The molecule has 0 heterocycles. The van der Waals surface area contributed by atoms with E-state index in [1.165, 1.54) is 11.1 Å². The predicted molar refractivity (Wildman–Crippen MR) is 68.5 cm³/mol.